The molecule has 1 aliphatic heterocycles. The first-order valence-electron chi connectivity index (χ1n) is 7.55. The van der Waals surface area contributed by atoms with Crippen LogP contribution < -0.4 is 16.0 Å². The lowest BCUT2D eigenvalue weighted by Gasteiger charge is -2.14. The second kappa shape index (κ2) is 8.09. The molecule has 0 aliphatic carbocycles. The number of hydrogen-bond acceptors (Lipinski definition) is 5. The van der Waals surface area contributed by atoms with Gasteiger partial charge in [-0.25, -0.2) is 0 Å². The number of hydrogen-bond donors (Lipinski definition) is 3. The minimum absolute atomic E-state index is 0.0515. The molecule has 128 valence electrons. The highest BCUT2D eigenvalue weighted by atomic mass is 16.5. The van der Waals surface area contributed by atoms with E-state index in [0.29, 0.717) is 11.3 Å². The Kier molecular flexibility index (Phi) is 5.89. The van der Waals surface area contributed by atoms with Crippen molar-refractivity contribution in [1.82, 2.24) is 10.6 Å². The molecule has 0 spiro atoms. The molecule has 3 N–H and O–H groups in total. The first-order valence-corrected chi connectivity index (χ1v) is 7.55. The minimum Gasteiger partial charge on any atom is -0.469 e. The second-order valence-electron chi connectivity index (χ2n) is 5.28. The molecule has 0 bridgehead atoms. The van der Waals surface area contributed by atoms with E-state index in [0.717, 1.165) is 0 Å². The van der Waals surface area contributed by atoms with E-state index in [1.807, 2.05) is 0 Å². The Hall–Kier alpha value is -2.90. The van der Waals surface area contributed by atoms with Crippen molar-refractivity contribution in [3.63, 3.8) is 0 Å². The van der Waals surface area contributed by atoms with Crippen LogP contribution in [0.3, 0.4) is 0 Å². The zero-order valence-electron chi connectivity index (χ0n) is 13.3. The fraction of sp³-hybridized carbons (Fsp3) is 0.375. The summed E-state index contributed by atoms with van der Waals surface area (Å²) in [6, 6.07) is 5.90. The summed E-state index contributed by atoms with van der Waals surface area (Å²) in [6.07, 6.45) is 0.295. The number of para-hydroxylation sites is 1. The molecule has 1 atom stereocenters. The van der Waals surface area contributed by atoms with E-state index in [1.165, 1.54) is 7.11 Å². The molecule has 24 heavy (non-hydrogen) atoms. The maximum atomic E-state index is 12.2. The van der Waals surface area contributed by atoms with Gasteiger partial charge in [0.1, 0.15) is 6.04 Å². The maximum absolute atomic E-state index is 12.2. The molecule has 1 aromatic carbocycles. The minimum atomic E-state index is -0.795. The summed E-state index contributed by atoms with van der Waals surface area (Å²) in [7, 11) is 1.27. The summed E-state index contributed by atoms with van der Waals surface area (Å²) in [5.74, 6) is -1.44. The summed E-state index contributed by atoms with van der Waals surface area (Å²) >= 11 is 0. The van der Waals surface area contributed by atoms with E-state index in [1.54, 1.807) is 24.3 Å². The summed E-state index contributed by atoms with van der Waals surface area (Å²) < 4.78 is 4.47. The second-order valence-corrected chi connectivity index (χ2v) is 5.28. The van der Waals surface area contributed by atoms with Gasteiger partial charge in [-0.1, -0.05) is 12.1 Å². The Balaban J connectivity index is 1.85. The molecule has 1 aromatic rings. The Bertz CT molecular complexity index is 659. The highest BCUT2D eigenvalue weighted by Crippen LogP contribution is 2.19. The number of carbonyl (C=O) groups is 4. The summed E-state index contributed by atoms with van der Waals surface area (Å²) in [5, 5.41) is 7.86. The average molecular weight is 333 g/mol. The highest BCUT2D eigenvalue weighted by Gasteiger charge is 2.27. The fourth-order valence-corrected chi connectivity index (χ4v) is 2.28. The Morgan fingerprint density at radius 2 is 1.96 bits per heavy atom. The third-order valence-electron chi connectivity index (χ3n) is 3.59. The van der Waals surface area contributed by atoms with E-state index >= 15 is 0 Å². The number of ether oxygens (including phenoxy) is 1. The number of amides is 3. The van der Waals surface area contributed by atoms with Crippen molar-refractivity contribution in [2.45, 2.75) is 25.3 Å². The van der Waals surface area contributed by atoms with Crippen molar-refractivity contribution in [2.24, 2.45) is 0 Å². The van der Waals surface area contributed by atoms with Crippen LogP contribution in [0, 0.1) is 0 Å². The molecule has 1 heterocycles. The molecule has 1 aliphatic rings. The number of methoxy groups -OCH3 is 1. The van der Waals surface area contributed by atoms with Crippen LogP contribution in [0.1, 0.15) is 29.6 Å². The topological polar surface area (TPSA) is 114 Å². The van der Waals surface area contributed by atoms with Crippen LogP contribution >= 0.6 is 0 Å². The van der Waals surface area contributed by atoms with Crippen molar-refractivity contribution in [2.75, 3.05) is 19.0 Å². The molecular weight excluding hydrogens is 314 g/mol. The molecule has 8 heteroatoms. The van der Waals surface area contributed by atoms with Gasteiger partial charge < -0.3 is 20.7 Å². The van der Waals surface area contributed by atoms with Crippen LogP contribution in [0.5, 0.6) is 0 Å². The number of esters is 1. The van der Waals surface area contributed by atoms with Gasteiger partial charge in [0.2, 0.25) is 11.8 Å². The van der Waals surface area contributed by atoms with Crippen molar-refractivity contribution in [3.05, 3.63) is 29.8 Å². The van der Waals surface area contributed by atoms with Crippen molar-refractivity contribution < 1.29 is 23.9 Å². The molecule has 2 rings (SSSR count). The average Bonchev–Trinajstić information content (AvgIpc) is 2.69. The zero-order valence-corrected chi connectivity index (χ0v) is 13.3. The molecule has 0 radical (unpaired) electrons. The largest absolute Gasteiger partial charge is 0.469 e. The molecular formula is C16H19N3O5. The third-order valence-corrected chi connectivity index (χ3v) is 3.59. The van der Waals surface area contributed by atoms with Crippen LogP contribution in [-0.2, 0) is 19.1 Å². The van der Waals surface area contributed by atoms with Crippen molar-refractivity contribution in [3.8, 4) is 0 Å². The quantitative estimate of drug-likeness (QED) is 0.644. The summed E-state index contributed by atoms with van der Waals surface area (Å²) in [4.78, 5) is 47.0. The lowest BCUT2D eigenvalue weighted by molar-refractivity contribution is -0.140. The first-order chi connectivity index (χ1) is 11.5. The molecule has 0 saturated heterocycles. The van der Waals surface area contributed by atoms with Gasteiger partial charge in [-0.2, -0.15) is 0 Å². The van der Waals surface area contributed by atoms with Crippen LogP contribution in [0.15, 0.2) is 24.3 Å². The summed E-state index contributed by atoms with van der Waals surface area (Å²) in [5.41, 5.74) is 0.834. The zero-order chi connectivity index (χ0) is 17.5. The van der Waals surface area contributed by atoms with Gasteiger partial charge in [-0.3, -0.25) is 19.2 Å². The van der Waals surface area contributed by atoms with Gasteiger partial charge in [0, 0.05) is 13.0 Å². The van der Waals surface area contributed by atoms with Crippen LogP contribution in [0.25, 0.3) is 0 Å². The molecule has 8 nitrogen and oxygen atoms in total. The number of rotatable bonds is 6. The van der Waals surface area contributed by atoms with Crippen molar-refractivity contribution >= 4 is 29.4 Å². The van der Waals surface area contributed by atoms with Crippen LogP contribution in [0.2, 0.25) is 0 Å². The Morgan fingerprint density at radius 1 is 1.21 bits per heavy atom. The van der Waals surface area contributed by atoms with E-state index in [4.69, 9.17) is 0 Å². The summed E-state index contributed by atoms with van der Waals surface area (Å²) in [6.45, 7) is 0.167. The third kappa shape index (κ3) is 4.55. The number of anilines is 1. The van der Waals surface area contributed by atoms with Crippen LogP contribution in [0.4, 0.5) is 5.69 Å². The van der Waals surface area contributed by atoms with Gasteiger partial charge in [0.25, 0.3) is 5.91 Å². The van der Waals surface area contributed by atoms with Gasteiger partial charge in [0.15, 0.2) is 0 Å². The molecule has 3 amide bonds. The molecule has 0 aromatic heterocycles. The normalized spacial score (nSPS) is 16.3. The SMILES string of the molecule is COC(=O)CCNC(=O)CCC1NC(=O)c2ccccc2NC1=O. The van der Waals surface area contributed by atoms with E-state index in [2.05, 4.69) is 20.7 Å². The van der Waals surface area contributed by atoms with Gasteiger partial charge in [0.05, 0.1) is 24.8 Å². The monoisotopic (exact) mass is 333 g/mol. The predicted octanol–water partition coefficient (Wildman–Crippen LogP) is 0.197. The van der Waals surface area contributed by atoms with Gasteiger partial charge in [-0.05, 0) is 18.6 Å². The van der Waals surface area contributed by atoms with E-state index in [-0.39, 0.29) is 43.5 Å². The molecule has 1 unspecified atom stereocenters. The first kappa shape index (κ1) is 17.5. The standard InChI is InChI=1S/C16H19N3O5/c1-24-14(21)8-9-17-13(20)7-6-12-16(23)18-11-5-3-2-4-10(11)15(22)19-12/h2-5,12H,6-9H2,1H3,(H,17,20)(H,18,23)(H,19,22). The fourth-order valence-electron chi connectivity index (χ4n) is 2.28. The smallest absolute Gasteiger partial charge is 0.307 e. The molecule has 0 saturated carbocycles. The predicted molar refractivity (Wildman–Crippen MR) is 85.2 cm³/mol. The molecule has 0 fully saturated rings. The maximum Gasteiger partial charge on any atom is 0.307 e. The lowest BCUT2D eigenvalue weighted by Crippen LogP contribution is -2.42. The number of fused-ring (bicyclic) bond motifs is 1. The van der Waals surface area contributed by atoms with E-state index in [9.17, 15) is 19.2 Å². The number of nitrogens with one attached hydrogen (secondary N) is 3. The van der Waals surface area contributed by atoms with Gasteiger partial charge >= 0.3 is 5.97 Å². The Labute approximate surface area is 138 Å². The van der Waals surface area contributed by atoms with Gasteiger partial charge in [-0.15, -0.1) is 0 Å². The number of benzene rings is 1. The van der Waals surface area contributed by atoms with E-state index < -0.39 is 12.0 Å². The van der Waals surface area contributed by atoms with Crippen LogP contribution in [-0.4, -0.2) is 43.4 Å². The highest BCUT2D eigenvalue weighted by molar-refractivity contribution is 6.09. The number of carbonyl (C=O) groups excluding carboxylic acids is 4. The lowest BCUT2D eigenvalue weighted by atomic mass is 10.1. The Morgan fingerprint density at radius 3 is 2.71 bits per heavy atom. The van der Waals surface area contributed by atoms with Crippen molar-refractivity contribution in [1.29, 1.82) is 0 Å².